The topological polar surface area (TPSA) is 140 Å². The molecule has 3 N–H and O–H groups in total. The molecule has 0 amide bonds. The van der Waals surface area contributed by atoms with Crippen LogP contribution in [-0.4, -0.2) is 66.3 Å². The zero-order valence-corrected chi connectivity index (χ0v) is 34.9. The molecule has 3 saturated carbocycles. The van der Waals surface area contributed by atoms with E-state index >= 15 is 0 Å². The average Bonchev–Trinajstić information content (AvgIpc) is 3.02. The molecule has 3 aliphatic rings. The number of hydrogen-bond donors (Lipinski definition) is 3. The van der Waals surface area contributed by atoms with Gasteiger partial charge < -0.3 is 29.5 Å². The second kappa shape index (κ2) is 14.7. The van der Waals surface area contributed by atoms with Gasteiger partial charge in [0.15, 0.2) is 17.3 Å². The van der Waals surface area contributed by atoms with Crippen molar-refractivity contribution in [1.29, 1.82) is 0 Å². The lowest BCUT2D eigenvalue weighted by atomic mass is 9.58. The zero-order chi connectivity index (χ0) is 40.8. The minimum absolute atomic E-state index is 0.192. The van der Waals surface area contributed by atoms with Crippen molar-refractivity contribution < 1.29 is 43.9 Å². The normalized spacial score (nSPS) is 36.3. The Labute approximate surface area is 323 Å². The van der Waals surface area contributed by atoms with Crippen LogP contribution in [0.1, 0.15) is 141 Å². The van der Waals surface area contributed by atoms with Crippen molar-refractivity contribution in [2.45, 2.75) is 174 Å². The Kier molecular flexibility index (Phi) is 11.8. The summed E-state index contributed by atoms with van der Waals surface area (Å²) in [5.74, 6) is 0.385. The summed E-state index contributed by atoms with van der Waals surface area (Å²) < 4.78 is 20.6. The Morgan fingerprint density at radius 1 is 0.463 bits per heavy atom. The summed E-state index contributed by atoms with van der Waals surface area (Å²) in [6, 6.07) is 5.14. The van der Waals surface area contributed by atoms with E-state index in [0.717, 1.165) is 19.3 Å². The highest BCUT2D eigenvalue weighted by atomic mass is 16.5. The van der Waals surface area contributed by atoms with E-state index < -0.39 is 49.9 Å². The Hall–Kier alpha value is -3.27. The van der Waals surface area contributed by atoms with Gasteiger partial charge in [-0.3, -0.25) is 14.4 Å². The van der Waals surface area contributed by atoms with Gasteiger partial charge in [-0.05, 0) is 136 Å². The summed E-state index contributed by atoms with van der Waals surface area (Å²) in [4.78, 5) is 36.4. The highest BCUT2D eigenvalue weighted by Crippen LogP contribution is 2.56. The van der Waals surface area contributed by atoms with Gasteiger partial charge in [-0.2, -0.15) is 0 Å². The first-order chi connectivity index (χ1) is 24.6. The summed E-state index contributed by atoms with van der Waals surface area (Å²) in [5, 5.41) is 37.4. The molecule has 1 aromatic carbocycles. The van der Waals surface area contributed by atoms with Crippen molar-refractivity contribution in [3.63, 3.8) is 0 Å². The Morgan fingerprint density at radius 2 is 0.685 bits per heavy atom. The quantitative estimate of drug-likeness (QED) is 0.180. The summed E-state index contributed by atoms with van der Waals surface area (Å²) >= 11 is 0. The molecule has 3 fully saturated rings. The minimum Gasteiger partial charge on any atom is -0.484 e. The van der Waals surface area contributed by atoms with Crippen molar-refractivity contribution in [3.05, 3.63) is 54.7 Å². The monoisotopic (exact) mass is 750 g/mol. The Morgan fingerprint density at radius 3 is 0.889 bits per heavy atom. The molecule has 6 atom stereocenters. The number of carbonyl (C=O) groups is 3. The molecule has 6 unspecified atom stereocenters. The molecule has 3 aliphatic carbocycles. The number of ether oxygens (including phenoxy) is 3. The molecule has 9 heteroatoms. The Bertz CT molecular complexity index is 1490. The summed E-state index contributed by atoms with van der Waals surface area (Å²) in [7, 11) is 0. The van der Waals surface area contributed by atoms with Gasteiger partial charge >= 0.3 is 0 Å². The van der Waals surface area contributed by atoms with Crippen molar-refractivity contribution in [3.8, 4) is 17.2 Å². The fraction of sp³-hybridized carbons (Fsp3) is 0.667. The van der Waals surface area contributed by atoms with Crippen LogP contribution in [0.4, 0.5) is 0 Å². The van der Waals surface area contributed by atoms with Gasteiger partial charge in [-0.1, -0.05) is 41.5 Å². The van der Waals surface area contributed by atoms with Crippen LogP contribution in [0, 0.1) is 16.2 Å². The summed E-state index contributed by atoms with van der Waals surface area (Å²) in [5.41, 5.74) is -10.2. The highest BCUT2D eigenvalue weighted by molar-refractivity contribution is 5.88. The maximum Gasteiger partial charge on any atom is 0.152 e. The van der Waals surface area contributed by atoms with Gasteiger partial charge in [0.25, 0.3) is 0 Å². The molecule has 0 saturated heterocycles. The smallest absolute Gasteiger partial charge is 0.152 e. The van der Waals surface area contributed by atoms with Crippen molar-refractivity contribution in [1.82, 2.24) is 0 Å². The molecule has 54 heavy (non-hydrogen) atoms. The summed E-state index contributed by atoms with van der Waals surface area (Å²) in [6.45, 7) is 21.7. The van der Waals surface area contributed by atoms with Crippen LogP contribution in [0.5, 0.6) is 17.2 Å². The zero-order valence-electron chi connectivity index (χ0n) is 34.9. The van der Waals surface area contributed by atoms with E-state index in [-0.39, 0.29) is 17.3 Å². The van der Waals surface area contributed by atoms with Crippen molar-refractivity contribution >= 4 is 17.3 Å². The van der Waals surface area contributed by atoms with Crippen LogP contribution in [0.2, 0.25) is 0 Å². The van der Waals surface area contributed by atoms with Crippen molar-refractivity contribution in [2.24, 2.45) is 16.2 Å². The molecular weight excluding hydrogens is 684 g/mol. The fourth-order valence-electron chi connectivity index (χ4n) is 9.70. The standard InChI is InChI=1S/C45H66O9/c1-31(46)16-25-43(49)37(4,5)19-13-22-40(43,10)52-34-28-35(53-41(11)23-14-20-38(6,7)44(41,50)26-17-32(2)47)30-36(29-34)54-42(12)24-15-21-39(8,9)45(42,51)27-18-33(3)48/h16-18,25-30,49-51H,13-15,19-24H2,1-12H3/b25-16+,26-17+,27-18+. The number of rotatable bonds is 12. The third-order valence-corrected chi connectivity index (χ3v) is 13.4. The SMILES string of the molecule is CC(=O)/C=C/C1(O)C(C)(C)CCCC1(C)Oc1cc(OC2(C)CCCC(C)(C)C2(O)/C=C/C(C)=O)cc(OC2(C)CCCC(C)(C)C2(O)/C=C/C(C)=O)c1. The molecular formula is C45H66O9. The third kappa shape index (κ3) is 7.74. The molecule has 9 nitrogen and oxygen atoms in total. The maximum atomic E-state index is 12.5. The largest absolute Gasteiger partial charge is 0.484 e. The second-order valence-electron chi connectivity index (χ2n) is 19.0. The molecule has 4 rings (SSSR count). The predicted octanol–water partition coefficient (Wildman–Crippen LogP) is 8.36. The number of ketones is 3. The van der Waals surface area contributed by atoms with Crippen LogP contribution in [0.25, 0.3) is 0 Å². The number of benzene rings is 1. The average molecular weight is 751 g/mol. The van der Waals surface area contributed by atoms with Crippen LogP contribution in [0.15, 0.2) is 54.7 Å². The highest BCUT2D eigenvalue weighted by Gasteiger charge is 2.61. The lowest BCUT2D eigenvalue weighted by Gasteiger charge is -2.56. The first-order valence-corrected chi connectivity index (χ1v) is 19.6. The number of carbonyl (C=O) groups excluding carboxylic acids is 3. The molecule has 300 valence electrons. The number of aliphatic hydroxyl groups is 3. The third-order valence-electron chi connectivity index (χ3n) is 13.4. The van der Waals surface area contributed by atoms with Crippen LogP contribution >= 0.6 is 0 Å². The van der Waals surface area contributed by atoms with Gasteiger partial charge in [-0.25, -0.2) is 0 Å². The van der Waals surface area contributed by atoms with Gasteiger partial charge in [0.2, 0.25) is 0 Å². The maximum absolute atomic E-state index is 12.5. The van der Waals surface area contributed by atoms with E-state index in [2.05, 4.69) is 0 Å². The first kappa shape index (κ1) is 43.5. The van der Waals surface area contributed by atoms with E-state index in [0.29, 0.717) is 55.8 Å². The molecule has 0 spiro atoms. The van der Waals surface area contributed by atoms with Gasteiger partial charge in [0.1, 0.15) is 50.9 Å². The molecule has 1 aromatic rings. The molecule has 0 bridgehead atoms. The molecule has 0 aromatic heterocycles. The van der Waals surface area contributed by atoms with Crippen LogP contribution in [-0.2, 0) is 14.4 Å². The van der Waals surface area contributed by atoms with Crippen LogP contribution < -0.4 is 14.2 Å². The Balaban J connectivity index is 1.92. The lowest BCUT2D eigenvalue weighted by molar-refractivity contribution is -0.186. The van der Waals surface area contributed by atoms with Gasteiger partial charge in [0.05, 0.1) is 0 Å². The summed E-state index contributed by atoms with van der Waals surface area (Å²) in [6.07, 6.45) is 14.8. The van der Waals surface area contributed by atoms with E-state index in [1.54, 1.807) is 36.4 Å². The van der Waals surface area contributed by atoms with Gasteiger partial charge in [0, 0.05) is 34.4 Å². The number of allylic oxidation sites excluding steroid dienone is 3. The van der Waals surface area contributed by atoms with E-state index in [1.165, 1.54) is 39.0 Å². The van der Waals surface area contributed by atoms with E-state index in [1.807, 2.05) is 62.3 Å². The molecule has 0 radical (unpaired) electrons. The lowest BCUT2D eigenvalue weighted by Crippen LogP contribution is -2.65. The second-order valence-corrected chi connectivity index (χ2v) is 19.0. The first-order valence-electron chi connectivity index (χ1n) is 19.6. The minimum atomic E-state index is -1.55. The molecule has 0 aliphatic heterocycles. The van der Waals surface area contributed by atoms with Crippen molar-refractivity contribution in [2.75, 3.05) is 0 Å². The van der Waals surface area contributed by atoms with E-state index in [9.17, 15) is 29.7 Å². The fourth-order valence-corrected chi connectivity index (χ4v) is 9.70. The van der Waals surface area contributed by atoms with Gasteiger partial charge in [-0.15, -0.1) is 0 Å². The molecule has 0 heterocycles. The van der Waals surface area contributed by atoms with Crippen LogP contribution in [0.3, 0.4) is 0 Å². The predicted molar refractivity (Wildman–Crippen MR) is 211 cm³/mol. The number of hydrogen-bond acceptors (Lipinski definition) is 9. The van der Waals surface area contributed by atoms with E-state index in [4.69, 9.17) is 14.2 Å².